The van der Waals surface area contributed by atoms with Crippen molar-refractivity contribution in [1.29, 1.82) is 0 Å². The van der Waals surface area contributed by atoms with Gasteiger partial charge >= 0.3 is 0 Å². The lowest BCUT2D eigenvalue weighted by Crippen LogP contribution is -2.46. The van der Waals surface area contributed by atoms with Crippen molar-refractivity contribution in [3.05, 3.63) is 95.3 Å². The standard InChI is InChI=1S/C32H35FN4O5/c1-40-25-12-10-23(11-13-25)32(39)36(15-14-35-16-18-42-19-17-35)22-31(38)37-30(27-8-3-4-9-28(27)33)21-29(34-37)24-6-5-7-26(20-24)41-2/h3-13,20,30H,14-19,21-22H2,1-2H3. The predicted octanol–water partition coefficient (Wildman–Crippen LogP) is 4.00. The van der Waals surface area contributed by atoms with Gasteiger partial charge < -0.3 is 19.1 Å². The molecule has 0 spiro atoms. The first kappa shape index (κ1) is 29.2. The van der Waals surface area contributed by atoms with Gasteiger partial charge in [-0.3, -0.25) is 14.5 Å². The van der Waals surface area contributed by atoms with E-state index in [1.807, 2.05) is 24.3 Å². The van der Waals surface area contributed by atoms with Gasteiger partial charge in [-0.2, -0.15) is 5.10 Å². The fourth-order valence-electron chi connectivity index (χ4n) is 5.20. The van der Waals surface area contributed by atoms with Gasteiger partial charge in [-0.15, -0.1) is 0 Å². The molecule has 0 aliphatic carbocycles. The average Bonchev–Trinajstić information content (AvgIpc) is 3.49. The highest BCUT2D eigenvalue weighted by Crippen LogP contribution is 2.35. The van der Waals surface area contributed by atoms with Crippen molar-refractivity contribution in [2.45, 2.75) is 12.5 Å². The number of hydrazone groups is 1. The Morgan fingerprint density at radius 2 is 1.71 bits per heavy atom. The number of morpholine rings is 1. The smallest absolute Gasteiger partial charge is 0.262 e. The van der Waals surface area contributed by atoms with E-state index in [0.29, 0.717) is 61.1 Å². The number of ether oxygens (including phenoxy) is 3. The number of halogens is 1. The van der Waals surface area contributed by atoms with E-state index in [9.17, 15) is 9.59 Å². The van der Waals surface area contributed by atoms with Gasteiger partial charge in [0.2, 0.25) is 0 Å². The molecule has 1 unspecified atom stereocenters. The molecule has 0 saturated carbocycles. The molecule has 9 nitrogen and oxygen atoms in total. The van der Waals surface area contributed by atoms with Crippen LogP contribution in [0.2, 0.25) is 0 Å². The van der Waals surface area contributed by atoms with E-state index in [1.54, 1.807) is 56.7 Å². The van der Waals surface area contributed by atoms with Gasteiger partial charge in [-0.1, -0.05) is 30.3 Å². The number of methoxy groups -OCH3 is 2. The maximum Gasteiger partial charge on any atom is 0.262 e. The zero-order chi connectivity index (χ0) is 29.5. The van der Waals surface area contributed by atoms with Crippen LogP contribution < -0.4 is 9.47 Å². The molecule has 0 N–H and O–H groups in total. The number of amides is 2. The molecule has 1 saturated heterocycles. The molecule has 1 fully saturated rings. The van der Waals surface area contributed by atoms with E-state index in [1.165, 1.54) is 16.0 Å². The monoisotopic (exact) mass is 574 g/mol. The van der Waals surface area contributed by atoms with E-state index in [2.05, 4.69) is 10.0 Å². The molecule has 10 heteroatoms. The lowest BCUT2D eigenvalue weighted by molar-refractivity contribution is -0.133. The van der Waals surface area contributed by atoms with Crippen LogP contribution in [-0.2, 0) is 9.53 Å². The summed E-state index contributed by atoms with van der Waals surface area (Å²) in [6, 6.07) is 20.0. The van der Waals surface area contributed by atoms with Crippen molar-refractivity contribution in [2.75, 3.05) is 60.2 Å². The Morgan fingerprint density at radius 3 is 2.43 bits per heavy atom. The topological polar surface area (TPSA) is 83.9 Å². The van der Waals surface area contributed by atoms with Gasteiger partial charge in [-0.05, 0) is 42.5 Å². The number of benzene rings is 3. The van der Waals surface area contributed by atoms with Crippen LogP contribution in [-0.4, -0.2) is 92.5 Å². The second-order valence-corrected chi connectivity index (χ2v) is 10.2. The number of nitrogens with zero attached hydrogens (tertiary/aromatic N) is 4. The van der Waals surface area contributed by atoms with Crippen LogP contribution in [0.4, 0.5) is 4.39 Å². The highest BCUT2D eigenvalue weighted by molar-refractivity contribution is 6.04. The lowest BCUT2D eigenvalue weighted by Gasteiger charge is -2.31. The largest absolute Gasteiger partial charge is 0.497 e. The number of carbonyl (C=O) groups is 2. The first-order chi connectivity index (χ1) is 20.5. The minimum atomic E-state index is -0.655. The zero-order valence-corrected chi connectivity index (χ0v) is 23.9. The summed E-state index contributed by atoms with van der Waals surface area (Å²) >= 11 is 0. The van der Waals surface area contributed by atoms with Crippen molar-refractivity contribution in [3.8, 4) is 11.5 Å². The molecule has 1 atom stereocenters. The third kappa shape index (κ3) is 6.78. The highest BCUT2D eigenvalue weighted by Gasteiger charge is 2.36. The summed E-state index contributed by atoms with van der Waals surface area (Å²) in [7, 11) is 3.14. The summed E-state index contributed by atoms with van der Waals surface area (Å²) < 4.78 is 31.1. The van der Waals surface area contributed by atoms with E-state index < -0.39 is 17.8 Å². The fourth-order valence-corrected chi connectivity index (χ4v) is 5.20. The molecule has 0 bridgehead atoms. The lowest BCUT2D eigenvalue weighted by atomic mass is 9.98. The normalized spacial score (nSPS) is 17.1. The van der Waals surface area contributed by atoms with E-state index >= 15 is 4.39 Å². The van der Waals surface area contributed by atoms with Crippen LogP contribution in [0.5, 0.6) is 11.5 Å². The molecule has 2 aliphatic rings. The predicted molar refractivity (Wildman–Crippen MR) is 156 cm³/mol. The molecular formula is C32H35FN4O5. The molecule has 5 rings (SSSR count). The Balaban J connectivity index is 1.43. The molecule has 0 radical (unpaired) electrons. The Labute approximate surface area is 245 Å². The molecule has 2 amide bonds. The Bertz CT molecular complexity index is 1420. The van der Waals surface area contributed by atoms with Gasteiger partial charge in [0.15, 0.2) is 0 Å². The third-order valence-corrected chi connectivity index (χ3v) is 7.57. The molecule has 3 aromatic carbocycles. The van der Waals surface area contributed by atoms with Gasteiger partial charge in [0.25, 0.3) is 11.8 Å². The van der Waals surface area contributed by atoms with Crippen molar-refractivity contribution in [2.24, 2.45) is 5.10 Å². The van der Waals surface area contributed by atoms with Crippen LogP contribution >= 0.6 is 0 Å². The number of hydrogen-bond acceptors (Lipinski definition) is 7. The fraction of sp³-hybridized carbons (Fsp3) is 0.344. The minimum Gasteiger partial charge on any atom is -0.497 e. The van der Waals surface area contributed by atoms with Gasteiger partial charge in [0, 0.05) is 49.3 Å². The van der Waals surface area contributed by atoms with E-state index in [-0.39, 0.29) is 12.5 Å². The Hall–Kier alpha value is -4.28. The maximum atomic E-state index is 15.0. The van der Waals surface area contributed by atoms with Crippen molar-refractivity contribution in [1.82, 2.24) is 14.8 Å². The number of carbonyl (C=O) groups excluding carboxylic acids is 2. The molecule has 0 aromatic heterocycles. The molecule has 3 aromatic rings. The molecule has 220 valence electrons. The SMILES string of the molecule is COc1ccc(C(=O)N(CCN2CCOCC2)CC(=O)N2N=C(c3cccc(OC)c3)CC2c2ccccc2F)cc1. The maximum absolute atomic E-state index is 15.0. The quantitative estimate of drug-likeness (QED) is 0.364. The van der Waals surface area contributed by atoms with Gasteiger partial charge in [-0.25, -0.2) is 9.40 Å². The summed E-state index contributed by atoms with van der Waals surface area (Å²) in [5.41, 5.74) is 2.23. The average molecular weight is 575 g/mol. The first-order valence-electron chi connectivity index (χ1n) is 14.0. The second kappa shape index (κ2) is 13.6. The van der Waals surface area contributed by atoms with Crippen LogP contribution in [0.25, 0.3) is 0 Å². The van der Waals surface area contributed by atoms with Gasteiger partial charge in [0.05, 0.1) is 39.2 Å². The van der Waals surface area contributed by atoms with Crippen molar-refractivity contribution < 1.29 is 28.2 Å². The van der Waals surface area contributed by atoms with Crippen molar-refractivity contribution >= 4 is 17.5 Å². The highest BCUT2D eigenvalue weighted by atomic mass is 19.1. The minimum absolute atomic E-state index is 0.213. The molecule has 42 heavy (non-hydrogen) atoms. The summed E-state index contributed by atoms with van der Waals surface area (Å²) in [4.78, 5) is 31.4. The Kier molecular flexibility index (Phi) is 9.45. The van der Waals surface area contributed by atoms with Crippen LogP contribution in [0.3, 0.4) is 0 Å². The summed E-state index contributed by atoms with van der Waals surface area (Å²) in [6.45, 7) is 3.49. The molecule has 2 heterocycles. The molecular weight excluding hydrogens is 539 g/mol. The number of rotatable bonds is 10. The van der Waals surface area contributed by atoms with E-state index in [0.717, 1.165) is 18.7 Å². The van der Waals surface area contributed by atoms with Crippen LogP contribution in [0.15, 0.2) is 77.9 Å². The van der Waals surface area contributed by atoms with Crippen molar-refractivity contribution in [3.63, 3.8) is 0 Å². The zero-order valence-electron chi connectivity index (χ0n) is 23.9. The molecule has 2 aliphatic heterocycles. The van der Waals surface area contributed by atoms with Gasteiger partial charge in [0.1, 0.15) is 23.9 Å². The summed E-state index contributed by atoms with van der Waals surface area (Å²) in [5, 5.41) is 6.02. The van der Waals surface area contributed by atoms with Crippen LogP contribution in [0.1, 0.15) is 33.9 Å². The second-order valence-electron chi connectivity index (χ2n) is 10.2. The number of hydrogen-bond donors (Lipinski definition) is 0. The first-order valence-corrected chi connectivity index (χ1v) is 14.0. The summed E-state index contributed by atoms with van der Waals surface area (Å²) in [6.07, 6.45) is 0.319. The third-order valence-electron chi connectivity index (χ3n) is 7.57. The summed E-state index contributed by atoms with van der Waals surface area (Å²) in [5.74, 6) is 0.192. The van der Waals surface area contributed by atoms with E-state index in [4.69, 9.17) is 14.2 Å². The Morgan fingerprint density at radius 1 is 0.976 bits per heavy atom. The van der Waals surface area contributed by atoms with Crippen LogP contribution in [0, 0.1) is 5.82 Å².